The number of nitrogens with zero attached hydrogens (tertiary/aromatic N) is 2. The number of hydrogen-bond acceptors (Lipinski definition) is 3. The molecule has 1 aliphatic heterocycles. The van der Waals surface area contributed by atoms with Crippen LogP contribution in [0, 0.1) is 0 Å². The van der Waals surface area contributed by atoms with Crippen LogP contribution in [0.2, 0.25) is 5.02 Å². The van der Waals surface area contributed by atoms with E-state index in [2.05, 4.69) is 20.3 Å². The van der Waals surface area contributed by atoms with Crippen LogP contribution in [0.5, 0.6) is 0 Å². The maximum atomic E-state index is 13.1. The van der Waals surface area contributed by atoms with E-state index < -0.39 is 11.7 Å². The van der Waals surface area contributed by atoms with Gasteiger partial charge >= 0.3 is 6.18 Å². The van der Waals surface area contributed by atoms with Crippen molar-refractivity contribution in [3.63, 3.8) is 0 Å². The molecule has 27 heavy (non-hydrogen) atoms. The fourth-order valence-corrected chi connectivity index (χ4v) is 3.19. The molecule has 0 radical (unpaired) electrons. The molecule has 5 nitrogen and oxygen atoms in total. The van der Waals surface area contributed by atoms with E-state index in [1.165, 1.54) is 18.3 Å². The highest BCUT2D eigenvalue weighted by atomic mass is 35.5. The van der Waals surface area contributed by atoms with Gasteiger partial charge in [-0.05, 0) is 30.3 Å². The number of benzene rings is 1. The van der Waals surface area contributed by atoms with Gasteiger partial charge < -0.3 is 10.3 Å². The molecule has 2 N–H and O–H groups in total. The van der Waals surface area contributed by atoms with Crippen molar-refractivity contribution in [2.45, 2.75) is 12.6 Å². The first kappa shape index (κ1) is 17.5. The quantitative estimate of drug-likeness (QED) is 0.690. The first-order chi connectivity index (χ1) is 12.8. The van der Waals surface area contributed by atoms with E-state index in [1.54, 1.807) is 12.1 Å². The first-order valence-corrected chi connectivity index (χ1v) is 8.41. The van der Waals surface area contributed by atoms with Crippen LogP contribution in [-0.4, -0.2) is 27.4 Å². The van der Waals surface area contributed by atoms with Gasteiger partial charge in [-0.25, -0.2) is 9.97 Å². The van der Waals surface area contributed by atoms with Gasteiger partial charge in [-0.2, -0.15) is 13.2 Å². The predicted octanol–water partition coefficient (Wildman–Crippen LogP) is 4.10. The summed E-state index contributed by atoms with van der Waals surface area (Å²) < 4.78 is 39.3. The van der Waals surface area contributed by atoms with Gasteiger partial charge in [0.25, 0.3) is 5.91 Å². The van der Waals surface area contributed by atoms with Crippen molar-refractivity contribution in [1.82, 2.24) is 20.3 Å². The molecule has 3 aromatic rings. The van der Waals surface area contributed by atoms with Gasteiger partial charge in [0, 0.05) is 30.4 Å². The molecule has 4 rings (SSSR count). The largest absolute Gasteiger partial charge is 0.417 e. The minimum Gasteiger partial charge on any atom is -0.356 e. The molecule has 2 aromatic heterocycles. The Balaban J connectivity index is 1.75. The zero-order valence-electron chi connectivity index (χ0n) is 13.7. The van der Waals surface area contributed by atoms with E-state index in [0.29, 0.717) is 29.9 Å². The Morgan fingerprint density at radius 3 is 2.70 bits per heavy atom. The van der Waals surface area contributed by atoms with E-state index in [-0.39, 0.29) is 22.3 Å². The summed E-state index contributed by atoms with van der Waals surface area (Å²) in [4.78, 5) is 23.5. The maximum Gasteiger partial charge on any atom is 0.417 e. The monoisotopic (exact) mass is 392 g/mol. The molecule has 0 atom stereocenters. The van der Waals surface area contributed by atoms with Crippen LogP contribution in [-0.2, 0) is 12.6 Å². The Morgan fingerprint density at radius 2 is 1.96 bits per heavy atom. The Labute approximate surface area is 156 Å². The SMILES string of the molecule is O=C1NCCc2[nH]c(-c3ccnc(-c4ccc(Cl)c(C(F)(F)F)c4)n3)cc21. The van der Waals surface area contributed by atoms with Gasteiger partial charge in [-0.15, -0.1) is 0 Å². The number of carbonyl (C=O) groups excluding carboxylic acids is 1. The van der Waals surface area contributed by atoms with Crippen molar-refractivity contribution in [3.05, 3.63) is 58.4 Å². The summed E-state index contributed by atoms with van der Waals surface area (Å²) in [6, 6.07) is 6.84. The highest BCUT2D eigenvalue weighted by Crippen LogP contribution is 2.36. The molecule has 0 saturated carbocycles. The summed E-state index contributed by atoms with van der Waals surface area (Å²) in [7, 11) is 0. The van der Waals surface area contributed by atoms with Crippen LogP contribution in [0.15, 0.2) is 36.5 Å². The highest BCUT2D eigenvalue weighted by molar-refractivity contribution is 6.31. The van der Waals surface area contributed by atoms with Crippen molar-refractivity contribution in [2.75, 3.05) is 6.54 Å². The van der Waals surface area contributed by atoms with Crippen molar-refractivity contribution < 1.29 is 18.0 Å². The normalized spacial score (nSPS) is 14.0. The van der Waals surface area contributed by atoms with Gasteiger partial charge in [0.05, 0.1) is 27.5 Å². The van der Waals surface area contributed by atoms with Crippen LogP contribution in [0.3, 0.4) is 0 Å². The number of alkyl halides is 3. The smallest absolute Gasteiger partial charge is 0.356 e. The van der Waals surface area contributed by atoms with Crippen molar-refractivity contribution in [3.8, 4) is 22.8 Å². The molecule has 0 saturated heterocycles. The van der Waals surface area contributed by atoms with E-state index in [9.17, 15) is 18.0 Å². The van der Waals surface area contributed by atoms with E-state index in [0.717, 1.165) is 11.8 Å². The zero-order chi connectivity index (χ0) is 19.2. The van der Waals surface area contributed by atoms with Crippen LogP contribution in [0.25, 0.3) is 22.8 Å². The second kappa shape index (κ2) is 6.38. The van der Waals surface area contributed by atoms with Crippen LogP contribution in [0.4, 0.5) is 13.2 Å². The summed E-state index contributed by atoms with van der Waals surface area (Å²) >= 11 is 5.66. The van der Waals surface area contributed by atoms with Gasteiger partial charge in [-0.3, -0.25) is 4.79 Å². The van der Waals surface area contributed by atoms with Crippen molar-refractivity contribution >= 4 is 17.5 Å². The highest BCUT2D eigenvalue weighted by Gasteiger charge is 2.33. The molecular formula is C18H12ClF3N4O. The molecule has 3 heterocycles. The van der Waals surface area contributed by atoms with Gasteiger partial charge in [0.1, 0.15) is 0 Å². The Morgan fingerprint density at radius 1 is 1.15 bits per heavy atom. The molecule has 0 aliphatic carbocycles. The number of aromatic amines is 1. The summed E-state index contributed by atoms with van der Waals surface area (Å²) in [6.07, 6.45) is -2.44. The summed E-state index contributed by atoms with van der Waals surface area (Å²) in [6.45, 7) is 0.547. The van der Waals surface area contributed by atoms with Crippen LogP contribution < -0.4 is 5.32 Å². The summed E-state index contributed by atoms with van der Waals surface area (Å²) in [5.41, 5.74) is 1.68. The number of hydrogen-bond donors (Lipinski definition) is 2. The summed E-state index contributed by atoms with van der Waals surface area (Å²) in [5.74, 6) is -0.0350. The van der Waals surface area contributed by atoms with E-state index >= 15 is 0 Å². The Kier molecular flexibility index (Phi) is 4.15. The lowest BCUT2D eigenvalue weighted by molar-refractivity contribution is -0.137. The molecule has 1 aliphatic rings. The number of nitrogens with one attached hydrogen (secondary N) is 2. The topological polar surface area (TPSA) is 70.7 Å². The predicted molar refractivity (Wildman–Crippen MR) is 93.3 cm³/mol. The molecular weight excluding hydrogens is 381 g/mol. The second-order valence-corrected chi connectivity index (χ2v) is 6.45. The molecule has 0 fully saturated rings. The number of carbonyl (C=O) groups is 1. The van der Waals surface area contributed by atoms with Crippen molar-refractivity contribution in [1.29, 1.82) is 0 Å². The van der Waals surface area contributed by atoms with Crippen molar-refractivity contribution in [2.24, 2.45) is 0 Å². The lowest BCUT2D eigenvalue weighted by Gasteiger charge is -2.11. The average Bonchev–Trinajstić information content (AvgIpc) is 3.07. The standard InChI is InChI=1S/C18H12ClF3N4O/c19-12-2-1-9(7-11(12)18(20,21)22)16-23-5-4-14(26-16)15-8-10-13(25-15)3-6-24-17(10)27/h1-2,4-5,7-8,25H,3,6H2,(H,24,27). The lowest BCUT2D eigenvalue weighted by atomic mass is 10.1. The van der Waals surface area contributed by atoms with E-state index in [1.807, 2.05) is 0 Å². The minimum absolute atomic E-state index is 0.131. The molecule has 0 unspecified atom stereocenters. The first-order valence-electron chi connectivity index (χ1n) is 8.03. The number of fused-ring (bicyclic) bond motifs is 1. The Hall–Kier alpha value is -2.87. The molecule has 0 bridgehead atoms. The fraction of sp³-hybridized carbons (Fsp3) is 0.167. The fourth-order valence-electron chi connectivity index (χ4n) is 2.96. The van der Waals surface area contributed by atoms with Crippen LogP contribution in [0.1, 0.15) is 21.6 Å². The molecule has 0 spiro atoms. The Bertz CT molecular complexity index is 1050. The number of amides is 1. The zero-order valence-corrected chi connectivity index (χ0v) is 14.4. The number of halogens is 4. The third kappa shape index (κ3) is 3.28. The average molecular weight is 393 g/mol. The minimum atomic E-state index is -4.57. The molecule has 1 aromatic carbocycles. The molecule has 138 valence electrons. The third-order valence-corrected chi connectivity index (χ3v) is 4.60. The van der Waals surface area contributed by atoms with Gasteiger partial charge in [-0.1, -0.05) is 11.6 Å². The number of H-pyrrole nitrogens is 1. The molecule has 9 heteroatoms. The second-order valence-electron chi connectivity index (χ2n) is 6.04. The third-order valence-electron chi connectivity index (χ3n) is 4.27. The van der Waals surface area contributed by atoms with E-state index in [4.69, 9.17) is 11.6 Å². The lowest BCUT2D eigenvalue weighted by Crippen LogP contribution is -2.31. The number of rotatable bonds is 2. The molecule has 1 amide bonds. The summed E-state index contributed by atoms with van der Waals surface area (Å²) in [5, 5.41) is 2.37. The van der Waals surface area contributed by atoms with Gasteiger partial charge in [0.15, 0.2) is 5.82 Å². The van der Waals surface area contributed by atoms with Crippen LogP contribution >= 0.6 is 11.6 Å². The van der Waals surface area contributed by atoms with Gasteiger partial charge in [0.2, 0.25) is 0 Å². The number of aromatic nitrogens is 3. The maximum absolute atomic E-state index is 13.1.